The van der Waals surface area contributed by atoms with Crippen LogP contribution in [0.1, 0.15) is 12.0 Å². The monoisotopic (exact) mass is 204 g/mol. The van der Waals surface area contributed by atoms with Crippen LogP contribution < -0.4 is 5.32 Å². The summed E-state index contributed by atoms with van der Waals surface area (Å²) in [4.78, 5) is 11.5. The molecule has 1 unspecified atom stereocenters. The largest absolute Gasteiger partial charge is 0.323 e. The topological polar surface area (TPSA) is 52.9 Å². The Bertz CT molecular complexity index is 450. The Morgan fingerprint density at radius 1 is 1.60 bits per heavy atom. The molecule has 1 aromatic carbocycles. The van der Waals surface area contributed by atoms with Crippen LogP contribution in [-0.2, 0) is 11.2 Å². The predicted molar refractivity (Wildman–Crippen MR) is 52.5 cm³/mol. The average Bonchev–Trinajstić information content (AvgIpc) is 2.21. The highest BCUT2D eigenvalue weighted by atomic mass is 19.1. The number of fused-ring (bicyclic) bond motifs is 1. The Morgan fingerprint density at radius 3 is 3.13 bits per heavy atom. The van der Waals surface area contributed by atoms with Crippen molar-refractivity contribution in [1.29, 1.82) is 5.26 Å². The number of hydrogen-bond acceptors (Lipinski definition) is 2. The number of nitrogens with one attached hydrogen (secondary N) is 1. The van der Waals surface area contributed by atoms with Crippen LogP contribution in [0.4, 0.5) is 10.1 Å². The highest BCUT2D eigenvalue weighted by Crippen LogP contribution is 2.28. The first-order valence-corrected chi connectivity index (χ1v) is 4.67. The number of rotatable bonds is 1. The lowest BCUT2D eigenvalue weighted by Gasteiger charge is -2.23. The van der Waals surface area contributed by atoms with Crippen molar-refractivity contribution in [3.05, 3.63) is 29.6 Å². The van der Waals surface area contributed by atoms with Gasteiger partial charge in [0.25, 0.3) is 0 Å². The first-order valence-electron chi connectivity index (χ1n) is 4.67. The van der Waals surface area contributed by atoms with E-state index >= 15 is 0 Å². The van der Waals surface area contributed by atoms with Gasteiger partial charge in [0.2, 0.25) is 5.91 Å². The molecule has 4 heteroatoms. The van der Waals surface area contributed by atoms with Crippen molar-refractivity contribution in [2.75, 3.05) is 5.32 Å². The number of halogens is 1. The predicted octanol–water partition coefficient (Wildman–Crippen LogP) is 1.85. The summed E-state index contributed by atoms with van der Waals surface area (Å²) in [5, 5.41) is 11.0. The normalized spacial score (nSPS) is 18.9. The Morgan fingerprint density at radius 2 is 2.40 bits per heavy atom. The van der Waals surface area contributed by atoms with E-state index in [1.165, 1.54) is 6.07 Å². The molecule has 0 aliphatic carbocycles. The number of para-hydroxylation sites is 1. The van der Waals surface area contributed by atoms with Crippen LogP contribution in [0.15, 0.2) is 18.2 Å². The summed E-state index contributed by atoms with van der Waals surface area (Å²) in [5.41, 5.74) is 1.02. The maximum absolute atomic E-state index is 13.3. The fourth-order valence-corrected chi connectivity index (χ4v) is 1.74. The minimum absolute atomic E-state index is 0.168. The van der Waals surface area contributed by atoms with Crippen molar-refractivity contribution in [1.82, 2.24) is 0 Å². The van der Waals surface area contributed by atoms with Crippen LogP contribution in [-0.4, -0.2) is 5.91 Å². The van der Waals surface area contributed by atoms with Gasteiger partial charge in [-0.15, -0.1) is 0 Å². The second kappa shape index (κ2) is 3.70. The molecule has 0 spiro atoms. The van der Waals surface area contributed by atoms with E-state index in [4.69, 9.17) is 5.26 Å². The van der Waals surface area contributed by atoms with Crippen molar-refractivity contribution < 1.29 is 9.18 Å². The maximum Gasteiger partial charge on any atom is 0.228 e. The van der Waals surface area contributed by atoms with Crippen molar-refractivity contribution >= 4 is 11.6 Å². The second-order valence-corrected chi connectivity index (χ2v) is 3.53. The molecule has 1 atom stereocenters. The van der Waals surface area contributed by atoms with Gasteiger partial charge in [0.05, 0.1) is 17.7 Å². The van der Waals surface area contributed by atoms with Gasteiger partial charge in [-0.1, -0.05) is 12.1 Å². The minimum atomic E-state index is -0.420. The van der Waals surface area contributed by atoms with Crippen LogP contribution >= 0.6 is 0 Å². The molecule has 0 radical (unpaired) electrons. The number of anilines is 1. The van der Waals surface area contributed by atoms with Gasteiger partial charge in [0.15, 0.2) is 0 Å². The van der Waals surface area contributed by atoms with E-state index in [0.717, 1.165) is 5.56 Å². The Kier molecular flexibility index (Phi) is 2.38. The van der Waals surface area contributed by atoms with Gasteiger partial charge in [-0.25, -0.2) is 4.39 Å². The molecule has 3 nitrogen and oxygen atoms in total. The summed E-state index contributed by atoms with van der Waals surface area (Å²) in [6.07, 6.45) is 0.605. The molecule has 0 aromatic heterocycles. The van der Waals surface area contributed by atoms with E-state index in [0.29, 0.717) is 6.42 Å². The summed E-state index contributed by atoms with van der Waals surface area (Å²) in [6.45, 7) is 0. The number of hydrogen-bond donors (Lipinski definition) is 1. The number of benzene rings is 1. The minimum Gasteiger partial charge on any atom is -0.323 e. The van der Waals surface area contributed by atoms with Gasteiger partial charge in [0, 0.05) is 6.42 Å². The average molecular weight is 204 g/mol. The molecule has 0 saturated carbocycles. The van der Waals surface area contributed by atoms with Gasteiger partial charge >= 0.3 is 0 Å². The fourth-order valence-electron chi connectivity index (χ4n) is 1.74. The molecule has 1 aromatic rings. The van der Waals surface area contributed by atoms with Crippen molar-refractivity contribution in [2.24, 2.45) is 5.92 Å². The fraction of sp³-hybridized carbons (Fsp3) is 0.273. The molecule has 1 amide bonds. The van der Waals surface area contributed by atoms with Gasteiger partial charge in [-0.05, 0) is 18.1 Å². The zero-order valence-electron chi connectivity index (χ0n) is 7.96. The molecule has 0 saturated heterocycles. The summed E-state index contributed by atoms with van der Waals surface area (Å²) in [7, 11) is 0. The maximum atomic E-state index is 13.3. The summed E-state index contributed by atoms with van der Waals surface area (Å²) in [6, 6.07) is 6.64. The van der Waals surface area contributed by atoms with Crippen LogP contribution in [0.2, 0.25) is 0 Å². The molecule has 2 rings (SSSR count). The first kappa shape index (κ1) is 9.66. The van der Waals surface area contributed by atoms with E-state index in [1.807, 2.05) is 6.07 Å². The van der Waals surface area contributed by atoms with Gasteiger partial charge < -0.3 is 5.32 Å². The highest BCUT2D eigenvalue weighted by molar-refractivity contribution is 5.96. The van der Waals surface area contributed by atoms with Gasteiger partial charge in [-0.3, -0.25) is 4.79 Å². The quantitative estimate of drug-likeness (QED) is 0.758. The molecule has 1 N–H and O–H groups in total. The highest BCUT2D eigenvalue weighted by Gasteiger charge is 2.27. The number of amides is 1. The van der Waals surface area contributed by atoms with Crippen molar-refractivity contribution in [2.45, 2.75) is 12.8 Å². The summed E-state index contributed by atoms with van der Waals surface area (Å²) < 4.78 is 13.3. The van der Waals surface area contributed by atoms with Gasteiger partial charge in [-0.2, -0.15) is 5.26 Å². The van der Waals surface area contributed by atoms with E-state index in [2.05, 4.69) is 5.32 Å². The molecular formula is C11H9FN2O. The Hall–Kier alpha value is -1.89. The molecule has 0 bridgehead atoms. The second-order valence-electron chi connectivity index (χ2n) is 3.53. The zero-order chi connectivity index (χ0) is 10.8. The van der Waals surface area contributed by atoms with E-state index in [1.54, 1.807) is 12.1 Å². The third-order valence-corrected chi connectivity index (χ3v) is 2.52. The van der Waals surface area contributed by atoms with Crippen LogP contribution in [0.25, 0.3) is 0 Å². The number of nitriles is 1. The van der Waals surface area contributed by atoms with E-state index in [9.17, 15) is 9.18 Å². The standard InChI is InChI=1S/C11H9FN2O/c12-9-3-1-2-7-6-8(4-5-13)11(15)14-10(7)9/h1-3,8H,4,6H2,(H,14,15). The lowest BCUT2D eigenvalue weighted by molar-refractivity contribution is -0.120. The SMILES string of the molecule is N#CCC1Cc2cccc(F)c2NC1=O. The van der Waals surface area contributed by atoms with Crippen molar-refractivity contribution in [3.8, 4) is 6.07 Å². The lowest BCUT2D eigenvalue weighted by Crippen LogP contribution is -2.30. The molecular weight excluding hydrogens is 195 g/mol. The Labute approximate surface area is 86.5 Å². The van der Waals surface area contributed by atoms with Gasteiger partial charge in [0.1, 0.15) is 5.82 Å². The molecule has 1 aliphatic heterocycles. The molecule has 1 heterocycles. The smallest absolute Gasteiger partial charge is 0.228 e. The number of nitrogens with zero attached hydrogens (tertiary/aromatic N) is 1. The van der Waals surface area contributed by atoms with Crippen molar-refractivity contribution in [3.63, 3.8) is 0 Å². The van der Waals surface area contributed by atoms with E-state index in [-0.39, 0.29) is 23.9 Å². The summed E-state index contributed by atoms with van der Waals surface area (Å²) in [5.74, 6) is -1.05. The lowest BCUT2D eigenvalue weighted by atomic mass is 9.91. The number of carbonyl (C=O) groups excluding carboxylic acids is 1. The third-order valence-electron chi connectivity index (χ3n) is 2.52. The Balaban J connectivity index is 2.35. The summed E-state index contributed by atoms with van der Waals surface area (Å²) >= 11 is 0. The van der Waals surface area contributed by atoms with Crippen LogP contribution in [0, 0.1) is 23.1 Å². The first-order chi connectivity index (χ1) is 7.22. The van der Waals surface area contributed by atoms with Crippen LogP contribution in [0.3, 0.4) is 0 Å². The van der Waals surface area contributed by atoms with E-state index < -0.39 is 5.82 Å². The zero-order valence-corrected chi connectivity index (χ0v) is 7.96. The molecule has 0 fully saturated rings. The molecule has 15 heavy (non-hydrogen) atoms. The number of carbonyl (C=O) groups is 1. The molecule has 1 aliphatic rings. The molecule has 76 valence electrons. The third kappa shape index (κ3) is 1.68. The van der Waals surface area contributed by atoms with Crippen LogP contribution in [0.5, 0.6) is 0 Å².